The molecule has 7 aromatic carbocycles. The number of halogens is 1. The molecule has 1 aromatic heterocycles. The van der Waals surface area contributed by atoms with Gasteiger partial charge in [-0.2, -0.15) is 0 Å². The van der Waals surface area contributed by atoms with Gasteiger partial charge < -0.3 is 14.0 Å². The fraction of sp³-hybridized carbons (Fsp3) is 0. The molecule has 0 amide bonds. The summed E-state index contributed by atoms with van der Waals surface area (Å²) in [5.74, 6) is 2.84. The SMILES string of the molecule is Brc1cccc2c1Oc1cc(-c3cc4c(c5ccccc35)c3ccccc3n4-c3ccccc3)c3ccccc3c1O2. The lowest BCUT2D eigenvalue weighted by Gasteiger charge is -2.24. The lowest BCUT2D eigenvalue weighted by atomic mass is 9.91. The monoisotopic (exact) mass is 603 g/mol. The van der Waals surface area contributed by atoms with Crippen molar-refractivity contribution in [1.82, 2.24) is 4.57 Å². The van der Waals surface area contributed by atoms with Crippen molar-refractivity contribution in [2.75, 3.05) is 0 Å². The van der Waals surface area contributed by atoms with Crippen LogP contribution in [0.15, 0.2) is 138 Å². The van der Waals surface area contributed by atoms with E-state index in [1.807, 2.05) is 18.2 Å². The van der Waals surface area contributed by atoms with Gasteiger partial charge in [0.2, 0.25) is 0 Å². The first-order valence-electron chi connectivity index (χ1n) is 14.0. The second-order valence-corrected chi connectivity index (χ2v) is 11.5. The maximum Gasteiger partial charge on any atom is 0.184 e. The molecule has 4 heteroatoms. The van der Waals surface area contributed by atoms with Crippen LogP contribution in [-0.4, -0.2) is 4.57 Å². The summed E-state index contributed by atoms with van der Waals surface area (Å²) in [5, 5.41) is 7.06. The molecule has 8 aromatic rings. The Morgan fingerprint density at radius 1 is 0.452 bits per heavy atom. The smallest absolute Gasteiger partial charge is 0.184 e. The standard InChI is InChI=1S/C38H22BrNO2/c39-31-18-10-20-34-38(31)42-35-22-30(25-14-5-7-16-27(25)37(35)41-34)29-21-33-36(26-15-6-4-13-24(26)29)28-17-8-9-19-32(28)40(33)23-11-2-1-3-12-23/h1-22H. The molecule has 3 nitrogen and oxygen atoms in total. The van der Waals surface area contributed by atoms with Crippen molar-refractivity contribution in [2.45, 2.75) is 0 Å². The second-order valence-electron chi connectivity index (χ2n) is 10.6. The molecule has 0 atom stereocenters. The third-order valence-electron chi connectivity index (χ3n) is 8.30. The number of benzene rings is 7. The van der Waals surface area contributed by atoms with Crippen LogP contribution >= 0.6 is 15.9 Å². The van der Waals surface area contributed by atoms with Crippen molar-refractivity contribution in [3.63, 3.8) is 0 Å². The summed E-state index contributed by atoms with van der Waals surface area (Å²) in [7, 11) is 0. The van der Waals surface area contributed by atoms with Gasteiger partial charge in [0, 0.05) is 21.8 Å². The zero-order valence-corrected chi connectivity index (χ0v) is 23.9. The van der Waals surface area contributed by atoms with Crippen molar-refractivity contribution in [3.05, 3.63) is 138 Å². The number of para-hydroxylation sites is 3. The first-order valence-corrected chi connectivity index (χ1v) is 14.8. The molecule has 0 N–H and O–H groups in total. The molecular formula is C38H22BrNO2. The van der Waals surface area contributed by atoms with E-state index < -0.39 is 0 Å². The van der Waals surface area contributed by atoms with Gasteiger partial charge in [-0.3, -0.25) is 0 Å². The molecule has 198 valence electrons. The number of fused-ring (bicyclic) bond motifs is 9. The number of hydrogen-bond donors (Lipinski definition) is 0. The van der Waals surface area contributed by atoms with Gasteiger partial charge >= 0.3 is 0 Å². The Bertz CT molecular complexity index is 2370. The van der Waals surface area contributed by atoms with Gasteiger partial charge in [0.25, 0.3) is 0 Å². The van der Waals surface area contributed by atoms with E-state index in [2.05, 4.69) is 136 Å². The lowest BCUT2D eigenvalue weighted by Crippen LogP contribution is -2.01. The Labute approximate surface area is 250 Å². The molecule has 2 heterocycles. The van der Waals surface area contributed by atoms with Crippen LogP contribution < -0.4 is 9.47 Å². The largest absolute Gasteiger partial charge is 0.449 e. The summed E-state index contributed by atoms with van der Waals surface area (Å²) >= 11 is 3.65. The molecule has 0 radical (unpaired) electrons. The highest BCUT2D eigenvalue weighted by atomic mass is 79.9. The van der Waals surface area contributed by atoms with E-state index in [-0.39, 0.29) is 0 Å². The third kappa shape index (κ3) is 3.33. The molecule has 9 rings (SSSR count). The van der Waals surface area contributed by atoms with E-state index in [1.54, 1.807) is 0 Å². The maximum atomic E-state index is 6.54. The summed E-state index contributed by atoms with van der Waals surface area (Å²) in [6.45, 7) is 0. The fourth-order valence-electron chi connectivity index (χ4n) is 6.52. The van der Waals surface area contributed by atoms with Crippen LogP contribution in [0.25, 0.3) is 60.2 Å². The van der Waals surface area contributed by atoms with E-state index in [0.29, 0.717) is 17.2 Å². The molecule has 0 bridgehead atoms. The minimum absolute atomic E-state index is 0.691. The van der Waals surface area contributed by atoms with Crippen molar-refractivity contribution in [3.8, 4) is 39.8 Å². The molecular weight excluding hydrogens is 582 g/mol. The van der Waals surface area contributed by atoms with Crippen LogP contribution in [0.1, 0.15) is 0 Å². The van der Waals surface area contributed by atoms with Gasteiger partial charge in [-0.25, -0.2) is 0 Å². The van der Waals surface area contributed by atoms with Gasteiger partial charge in [0.1, 0.15) is 0 Å². The van der Waals surface area contributed by atoms with Crippen molar-refractivity contribution in [2.24, 2.45) is 0 Å². The van der Waals surface area contributed by atoms with E-state index in [0.717, 1.165) is 37.8 Å². The molecule has 0 saturated carbocycles. The van der Waals surface area contributed by atoms with Crippen LogP contribution in [0.2, 0.25) is 0 Å². The van der Waals surface area contributed by atoms with Gasteiger partial charge in [0.15, 0.2) is 23.0 Å². The van der Waals surface area contributed by atoms with Crippen LogP contribution in [0, 0.1) is 0 Å². The predicted octanol–water partition coefficient (Wildman–Crippen LogP) is 11.4. The van der Waals surface area contributed by atoms with E-state index in [9.17, 15) is 0 Å². The van der Waals surface area contributed by atoms with Crippen LogP contribution in [0.3, 0.4) is 0 Å². The first kappa shape index (κ1) is 23.6. The Morgan fingerprint density at radius 3 is 1.88 bits per heavy atom. The lowest BCUT2D eigenvalue weighted by molar-refractivity contribution is 0.361. The van der Waals surface area contributed by atoms with Gasteiger partial charge in [0.05, 0.1) is 15.5 Å². The number of rotatable bonds is 2. The van der Waals surface area contributed by atoms with Gasteiger partial charge in [-0.05, 0) is 85.7 Å². The van der Waals surface area contributed by atoms with E-state index in [1.165, 1.54) is 32.6 Å². The van der Waals surface area contributed by atoms with E-state index in [4.69, 9.17) is 9.47 Å². The number of aromatic nitrogens is 1. The van der Waals surface area contributed by atoms with Crippen LogP contribution in [0.5, 0.6) is 23.0 Å². The summed E-state index contributed by atoms with van der Waals surface area (Å²) in [5.41, 5.74) is 5.75. The highest BCUT2D eigenvalue weighted by Crippen LogP contribution is 2.54. The summed E-state index contributed by atoms with van der Waals surface area (Å²) in [4.78, 5) is 0. The van der Waals surface area contributed by atoms with Crippen LogP contribution in [0.4, 0.5) is 0 Å². The zero-order chi connectivity index (χ0) is 27.8. The fourth-order valence-corrected chi connectivity index (χ4v) is 6.95. The van der Waals surface area contributed by atoms with Crippen LogP contribution in [-0.2, 0) is 0 Å². The molecule has 1 aliphatic rings. The minimum Gasteiger partial charge on any atom is -0.449 e. The van der Waals surface area contributed by atoms with E-state index >= 15 is 0 Å². The molecule has 0 unspecified atom stereocenters. The number of hydrogen-bond acceptors (Lipinski definition) is 2. The normalized spacial score (nSPS) is 12.3. The number of nitrogens with zero attached hydrogens (tertiary/aromatic N) is 1. The first-order chi connectivity index (χ1) is 20.8. The highest BCUT2D eigenvalue weighted by Gasteiger charge is 2.26. The summed E-state index contributed by atoms with van der Waals surface area (Å²) < 4.78 is 16.3. The highest BCUT2D eigenvalue weighted by molar-refractivity contribution is 9.10. The average molecular weight is 605 g/mol. The third-order valence-corrected chi connectivity index (χ3v) is 8.92. The molecule has 42 heavy (non-hydrogen) atoms. The molecule has 0 spiro atoms. The van der Waals surface area contributed by atoms with Gasteiger partial charge in [-0.15, -0.1) is 0 Å². The molecule has 0 saturated heterocycles. The summed E-state index contributed by atoms with van der Waals surface area (Å²) in [6.07, 6.45) is 0. The Kier molecular flexibility index (Phi) is 5.05. The second kappa shape index (κ2) is 8.97. The van der Waals surface area contributed by atoms with Gasteiger partial charge in [-0.1, -0.05) is 91.0 Å². The van der Waals surface area contributed by atoms with Crippen molar-refractivity contribution < 1.29 is 9.47 Å². The minimum atomic E-state index is 0.691. The number of ether oxygens (including phenoxy) is 2. The summed E-state index contributed by atoms with van der Waals surface area (Å²) in [6, 6.07) is 46.9. The van der Waals surface area contributed by atoms with Crippen molar-refractivity contribution >= 4 is 59.3 Å². The topological polar surface area (TPSA) is 23.4 Å². The quantitative estimate of drug-likeness (QED) is 0.196. The molecule has 0 fully saturated rings. The Balaban J connectivity index is 1.42. The Morgan fingerprint density at radius 2 is 1.07 bits per heavy atom. The predicted molar refractivity (Wildman–Crippen MR) is 176 cm³/mol. The maximum absolute atomic E-state index is 6.54. The van der Waals surface area contributed by atoms with Crippen molar-refractivity contribution in [1.29, 1.82) is 0 Å². The Hall–Kier alpha value is -5.06. The zero-order valence-electron chi connectivity index (χ0n) is 22.3. The molecule has 1 aliphatic heterocycles. The average Bonchev–Trinajstić information content (AvgIpc) is 3.38. The molecule has 0 aliphatic carbocycles.